The summed E-state index contributed by atoms with van der Waals surface area (Å²) in [5.74, 6) is 0.926. The Balaban J connectivity index is 1.52. The fourth-order valence-corrected chi connectivity index (χ4v) is 2.96. The minimum Gasteiger partial charge on any atom is -0.486 e. The molecule has 2 heterocycles. The van der Waals surface area contributed by atoms with Crippen LogP contribution < -0.4 is 15.1 Å². The summed E-state index contributed by atoms with van der Waals surface area (Å²) in [4.78, 5) is 26.3. The van der Waals surface area contributed by atoms with Crippen LogP contribution in [0, 0.1) is 0 Å². The number of carbonyl (C=O) groups excluding carboxylic acids is 1. The van der Waals surface area contributed by atoms with Crippen molar-refractivity contribution in [2.24, 2.45) is 0 Å². The topological polar surface area (TPSA) is 69.0 Å². The molecule has 0 spiro atoms. The van der Waals surface area contributed by atoms with E-state index in [4.69, 9.17) is 13.9 Å². The molecule has 0 fully saturated rings. The SMILES string of the molecule is CN(CC1COc2ccccc2O1)C(=O)c1cc2ccccc2oc1=O. The molecule has 0 N–H and O–H groups in total. The Hall–Kier alpha value is -3.28. The van der Waals surface area contributed by atoms with Gasteiger partial charge < -0.3 is 18.8 Å². The summed E-state index contributed by atoms with van der Waals surface area (Å²) in [6, 6.07) is 16.0. The molecule has 0 radical (unpaired) electrons. The van der Waals surface area contributed by atoms with E-state index in [2.05, 4.69) is 0 Å². The second-order valence-corrected chi connectivity index (χ2v) is 6.17. The van der Waals surface area contributed by atoms with Gasteiger partial charge in [-0.1, -0.05) is 30.3 Å². The third-order valence-electron chi connectivity index (χ3n) is 4.26. The predicted molar refractivity (Wildman–Crippen MR) is 95.8 cm³/mol. The number of para-hydroxylation sites is 3. The molecule has 0 bridgehead atoms. The zero-order chi connectivity index (χ0) is 18.1. The van der Waals surface area contributed by atoms with Crippen molar-refractivity contribution < 1.29 is 18.7 Å². The van der Waals surface area contributed by atoms with E-state index < -0.39 is 11.5 Å². The van der Waals surface area contributed by atoms with E-state index in [-0.39, 0.29) is 11.7 Å². The summed E-state index contributed by atoms with van der Waals surface area (Å²) in [6.45, 7) is 0.625. The minimum absolute atomic E-state index is 0.00308. The summed E-state index contributed by atoms with van der Waals surface area (Å²) in [5.41, 5.74) is -0.188. The Labute approximate surface area is 149 Å². The summed E-state index contributed by atoms with van der Waals surface area (Å²) < 4.78 is 16.8. The van der Waals surface area contributed by atoms with Crippen molar-refractivity contribution >= 4 is 16.9 Å². The lowest BCUT2D eigenvalue weighted by Gasteiger charge is -2.29. The summed E-state index contributed by atoms with van der Waals surface area (Å²) in [5, 5.41) is 0.704. The van der Waals surface area contributed by atoms with Gasteiger partial charge >= 0.3 is 5.63 Å². The van der Waals surface area contributed by atoms with Crippen LogP contribution in [0.2, 0.25) is 0 Å². The average molecular weight is 351 g/mol. The highest BCUT2D eigenvalue weighted by atomic mass is 16.6. The molecule has 26 heavy (non-hydrogen) atoms. The molecule has 0 saturated heterocycles. The van der Waals surface area contributed by atoms with Gasteiger partial charge in [0, 0.05) is 12.4 Å². The van der Waals surface area contributed by atoms with Gasteiger partial charge in [-0.2, -0.15) is 0 Å². The van der Waals surface area contributed by atoms with Crippen LogP contribution in [0.25, 0.3) is 11.0 Å². The van der Waals surface area contributed by atoms with Crippen LogP contribution in [0.5, 0.6) is 11.5 Å². The number of hydrogen-bond donors (Lipinski definition) is 0. The first kappa shape index (κ1) is 16.2. The molecule has 132 valence electrons. The molecular formula is C20H17NO5. The van der Waals surface area contributed by atoms with E-state index in [1.54, 1.807) is 31.3 Å². The maximum atomic E-state index is 12.7. The highest BCUT2D eigenvalue weighted by Crippen LogP contribution is 2.31. The molecule has 6 heteroatoms. The fraction of sp³-hybridized carbons (Fsp3) is 0.200. The van der Waals surface area contributed by atoms with Gasteiger partial charge in [-0.15, -0.1) is 0 Å². The third kappa shape index (κ3) is 3.01. The Morgan fingerprint density at radius 2 is 1.85 bits per heavy atom. The maximum Gasteiger partial charge on any atom is 0.349 e. The molecule has 2 aromatic carbocycles. The Morgan fingerprint density at radius 3 is 2.69 bits per heavy atom. The van der Waals surface area contributed by atoms with Crippen molar-refractivity contribution in [2.75, 3.05) is 20.2 Å². The van der Waals surface area contributed by atoms with Crippen molar-refractivity contribution in [3.63, 3.8) is 0 Å². The normalized spacial score (nSPS) is 15.7. The van der Waals surface area contributed by atoms with Crippen LogP contribution in [0.3, 0.4) is 0 Å². The van der Waals surface area contributed by atoms with Crippen molar-refractivity contribution in [2.45, 2.75) is 6.10 Å². The van der Waals surface area contributed by atoms with Crippen molar-refractivity contribution in [3.05, 3.63) is 70.6 Å². The molecule has 6 nitrogen and oxygen atoms in total. The molecule has 0 aliphatic carbocycles. The number of hydrogen-bond acceptors (Lipinski definition) is 5. The monoisotopic (exact) mass is 351 g/mol. The summed E-state index contributed by atoms with van der Waals surface area (Å²) >= 11 is 0. The predicted octanol–water partition coefficient (Wildman–Crippen LogP) is 2.71. The van der Waals surface area contributed by atoms with Crippen LogP contribution >= 0.6 is 0 Å². The number of carbonyl (C=O) groups is 1. The zero-order valence-corrected chi connectivity index (χ0v) is 14.2. The molecule has 4 rings (SSSR count). The summed E-state index contributed by atoms with van der Waals surface area (Å²) in [6.07, 6.45) is -0.314. The quantitative estimate of drug-likeness (QED) is 0.679. The smallest absolute Gasteiger partial charge is 0.349 e. The highest BCUT2D eigenvalue weighted by Gasteiger charge is 2.25. The molecule has 3 aromatic rings. The van der Waals surface area contributed by atoms with Crippen LogP contribution in [0.1, 0.15) is 10.4 Å². The van der Waals surface area contributed by atoms with E-state index in [1.807, 2.05) is 30.3 Å². The number of benzene rings is 2. The second kappa shape index (κ2) is 6.55. The number of rotatable bonds is 3. The van der Waals surface area contributed by atoms with Crippen LogP contribution in [0.4, 0.5) is 0 Å². The average Bonchev–Trinajstić information content (AvgIpc) is 2.66. The van der Waals surface area contributed by atoms with E-state index in [1.165, 1.54) is 4.90 Å². The first-order valence-electron chi connectivity index (χ1n) is 8.28. The molecular weight excluding hydrogens is 334 g/mol. The lowest BCUT2D eigenvalue weighted by atomic mass is 10.1. The fourth-order valence-electron chi connectivity index (χ4n) is 2.96. The molecule has 0 saturated carbocycles. The van der Waals surface area contributed by atoms with Crippen molar-refractivity contribution in [3.8, 4) is 11.5 Å². The molecule has 1 unspecified atom stereocenters. The van der Waals surface area contributed by atoms with E-state index in [9.17, 15) is 9.59 Å². The first-order valence-corrected chi connectivity index (χ1v) is 8.28. The molecule has 1 aliphatic rings. The number of fused-ring (bicyclic) bond motifs is 2. The van der Waals surface area contributed by atoms with Gasteiger partial charge in [-0.05, 0) is 24.3 Å². The van der Waals surface area contributed by atoms with Crippen LogP contribution in [-0.2, 0) is 0 Å². The Morgan fingerprint density at radius 1 is 1.12 bits per heavy atom. The standard InChI is InChI=1S/C20H17NO5/c1-21(11-14-12-24-17-8-4-5-9-18(17)25-14)19(22)15-10-13-6-2-3-7-16(13)26-20(15)23/h2-10,14H,11-12H2,1H3. The van der Waals surface area contributed by atoms with Crippen LogP contribution in [-0.4, -0.2) is 37.1 Å². The van der Waals surface area contributed by atoms with Gasteiger partial charge in [-0.3, -0.25) is 4.79 Å². The number of amides is 1. The van der Waals surface area contributed by atoms with Crippen LogP contribution in [0.15, 0.2) is 63.8 Å². The lowest BCUT2D eigenvalue weighted by molar-refractivity contribution is 0.0518. The molecule has 1 aromatic heterocycles. The minimum atomic E-state index is -0.647. The Kier molecular flexibility index (Phi) is 4.08. The van der Waals surface area contributed by atoms with Crippen molar-refractivity contribution in [1.82, 2.24) is 4.90 Å². The second-order valence-electron chi connectivity index (χ2n) is 6.17. The lowest BCUT2D eigenvalue weighted by Crippen LogP contribution is -2.42. The van der Waals surface area contributed by atoms with Gasteiger partial charge in [0.1, 0.15) is 17.8 Å². The number of nitrogens with zero attached hydrogens (tertiary/aromatic N) is 1. The van der Waals surface area contributed by atoms with E-state index in [0.717, 1.165) is 0 Å². The first-order chi connectivity index (χ1) is 12.6. The largest absolute Gasteiger partial charge is 0.486 e. The molecule has 1 aliphatic heterocycles. The third-order valence-corrected chi connectivity index (χ3v) is 4.26. The van der Waals surface area contributed by atoms with E-state index >= 15 is 0 Å². The molecule has 1 atom stereocenters. The van der Waals surface area contributed by atoms with E-state index in [0.29, 0.717) is 35.6 Å². The van der Waals surface area contributed by atoms with Crippen molar-refractivity contribution in [1.29, 1.82) is 0 Å². The van der Waals surface area contributed by atoms with Gasteiger partial charge in [0.05, 0.1) is 6.54 Å². The molecule has 1 amide bonds. The van der Waals surface area contributed by atoms with Gasteiger partial charge in [0.15, 0.2) is 17.6 Å². The van der Waals surface area contributed by atoms with Gasteiger partial charge in [0.2, 0.25) is 0 Å². The maximum absolute atomic E-state index is 12.7. The number of ether oxygens (including phenoxy) is 2. The summed E-state index contributed by atoms with van der Waals surface area (Å²) in [7, 11) is 1.63. The Bertz CT molecular complexity index is 1030. The van der Waals surface area contributed by atoms with Gasteiger partial charge in [0.25, 0.3) is 5.91 Å². The van der Waals surface area contributed by atoms with Gasteiger partial charge in [-0.25, -0.2) is 4.79 Å². The zero-order valence-electron chi connectivity index (χ0n) is 14.2. The highest BCUT2D eigenvalue weighted by molar-refractivity contribution is 5.96. The number of likely N-dealkylation sites (N-methyl/N-ethyl adjacent to an activating group) is 1.